The molecule has 4 aromatic rings. The number of amides is 3. The third-order valence-corrected chi connectivity index (χ3v) is 17.2. The smallest absolute Gasteiger partial charge is 0.332 e. The molecule has 0 fully saturated rings. The van der Waals surface area contributed by atoms with E-state index in [1.165, 1.54) is 10.9 Å². The van der Waals surface area contributed by atoms with E-state index >= 15 is 0 Å². The van der Waals surface area contributed by atoms with Gasteiger partial charge in [-0.1, -0.05) is 12.1 Å². The van der Waals surface area contributed by atoms with Crippen molar-refractivity contribution in [2.75, 3.05) is 68.8 Å². The summed E-state index contributed by atoms with van der Waals surface area (Å²) in [6.45, 7) is 20.4. The number of imidazole rings is 1. The Morgan fingerprint density at radius 3 is 1.73 bits per heavy atom. The SMILES string of the molecule is CC(C)(C)OP(=O)(CCC(=O)NCCCNc1nc(NCCCNC(=O)CCP(=O)(OC(C)(C)C)OC(C)(C)C)c2ncn(CC(=O)N(CCNS(=O)(=O)c3nc4ccccc4s3)CC(=O)O)c2n1)OC(C)(C)C. The highest BCUT2D eigenvalue weighted by Crippen LogP contribution is 2.55. The van der Waals surface area contributed by atoms with Gasteiger partial charge < -0.3 is 53.9 Å². The average molecular weight is 1120 g/mol. The number of hydrogen-bond donors (Lipinski definition) is 6. The van der Waals surface area contributed by atoms with Crippen molar-refractivity contribution in [2.45, 2.75) is 142 Å². The number of nitrogens with zero attached hydrogens (tertiary/aromatic N) is 6. The molecule has 3 amide bonds. The molecule has 0 saturated heterocycles. The summed E-state index contributed by atoms with van der Waals surface area (Å²) < 4.78 is 80.8. The molecule has 414 valence electrons. The molecule has 0 bridgehead atoms. The molecule has 1 aromatic carbocycles. The molecule has 0 spiro atoms. The second kappa shape index (κ2) is 25.9. The molecular formula is C46H75N11O13P2S2. The van der Waals surface area contributed by atoms with Crippen molar-refractivity contribution in [2.24, 2.45) is 0 Å². The van der Waals surface area contributed by atoms with Crippen LogP contribution in [0.15, 0.2) is 34.9 Å². The number of benzene rings is 1. The van der Waals surface area contributed by atoms with Crippen LogP contribution in [0.5, 0.6) is 0 Å². The number of thiazole rings is 1. The van der Waals surface area contributed by atoms with Gasteiger partial charge in [0, 0.05) is 52.1 Å². The number of para-hydroxylation sites is 1. The van der Waals surface area contributed by atoms with Gasteiger partial charge in [-0.3, -0.25) is 28.3 Å². The van der Waals surface area contributed by atoms with E-state index in [1.807, 2.05) is 0 Å². The van der Waals surface area contributed by atoms with Gasteiger partial charge in [-0.2, -0.15) is 9.97 Å². The number of carboxylic acids is 1. The first-order valence-corrected chi connectivity index (χ1v) is 30.0. The van der Waals surface area contributed by atoms with Crippen LogP contribution in [0.2, 0.25) is 0 Å². The minimum Gasteiger partial charge on any atom is -0.480 e. The van der Waals surface area contributed by atoms with Crippen LogP contribution < -0.4 is 26.0 Å². The fourth-order valence-corrected chi connectivity index (χ4v) is 13.9. The number of hydrogen-bond acceptors (Lipinski definition) is 19. The zero-order chi connectivity index (χ0) is 55.3. The molecule has 0 atom stereocenters. The summed E-state index contributed by atoms with van der Waals surface area (Å²) in [5.41, 5.74) is -2.09. The summed E-state index contributed by atoms with van der Waals surface area (Å²) in [5, 5.41) is 21.7. The quantitative estimate of drug-likeness (QED) is 0.0247. The Labute approximate surface area is 437 Å². The summed E-state index contributed by atoms with van der Waals surface area (Å²) >= 11 is 0.977. The van der Waals surface area contributed by atoms with Crippen molar-refractivity contribution >= 4 is 93.4 Å². The normalized spacial score (nSPS) is 13.0. The Morgan fingerprint density at radius 2 is 1.23 bits per heavy atom. The van der Waals surface area contributed by atoms with Gasteiger partial charge in [-0.25, -0.2) is 23.1 Å². The second-order valence-electron chi connectivity index (χ2n) is 21.2. The first-order chi connectivity index (χ1) is 34.1. The zero-order valence-electron chi connectivity index (χ0n) is 44.5. The topological polar surface area (TPSA) is 314 Å². The van der Waals surface area contributed by atoms with Crippen LogP contribution in [-0.2, 0) is 63.0 Å². The highest BCUT2D eigenvalue weighted by Gasteiger charge is 2.37. The minimum atomic E-state index is -4.09. The van der Waals surface area contributed by atoms with E-state index in [9.17, 15) is 41.8 Å². The lowest BCUT2D eigenvalue weighted by Crippen LogP contribution is -2.42. The number of aliphatic carboxylic acids is 1. The first-order valence-electron chi connectivity index (χ1n) is 24.2. The van der Waals surface area contributed by atoms with Crippen LogP contribution >= 0.6 is 26.5 Å². The number of carboxylic acid groups (broad SMARTS) is 1. The summed E-state index contributed by atoms with van der Waals surface area (Å²) in [6.07, 6.45) is 1.76. The number of anilines is 2. The molecule has 0 saturated carbocycles. The molecule has 28 heteroatoms. The molecule has 0 unspecified atom stereocenters. The van der Waals surface area contributed by atoms with Crippen LogP contribution in [0.1, 0.15) is 109 Å². The Bertz CT molecular complexity index is 2710. The van der Waals surface area contributed by atoms with E-state index in [0.29, 0.717) is 23.1 Å². The molecular weight excluding hydrogens is 1040 g/mol. The van der Waals surface area contributed by atoms with Gasteiger partial charge in [0.25, 0.3) is 10.0 Å². The fraction of sp³-hybridized carbons (Fsp3) is 0.652. The lowest BCUT2D eigenvalue weighted by atomic mass is 10.2. The number of fused-ring (bicyclic) bond motifs is 2. The van der Waals surface area contributed by atoms with Crippen molar-refractivity contribution in [3.8, 4) is 0 Å². The van der Waals surface area contributed by atoms with Gasteiger partial charge in [-0.05, 0) is 108 Å². The summed E-state index contributed by atoms with van der Waals surface area (Å²) in [7, 11) is -11.3. The minimum absolute atomic E-state index is 0.0944. The maximum atomic E-state index is 13.8. The summed E-state index contributed by atoms with van der Waals surface area (Å²) in [4.78, 5) is 70.3. The largest absolute Gasteiger partial charge is 0.480 e. The predicted molar refractivity (Wildman–Crippen MR) is 284 cm³/mol. The van der Waals surface area contributed by atoms with Gasteiger partial charge in [0.15, 0.2) is 17.0 Å². The number of carbonyl (C=O) groups excluding carboxylic acids is 3. The van der Waals surface area contributed by atoms with Crippen molar-refractivity contribution in [1.82, 2.24) is 44.8 Å². The molecule has 0 aliphatic rings. The number of sulfonamides is 1. The number of aromatic nitrogens is 5. The van der Waals surface area contributed by atoms with E-state index in [2.05, 4.69) is 45.9 Å². The average Bonchev–Trinajstić information content (AvgIpc) is 3.87. The standard InChI is InChI=1S/C46H75N11O13P2S2/c1-43(2,3)67-71(63,68-44(4,5)6)27-19-34(58)47-21-15-23-49-39-38-40(55-41(54-39)50-24-16-22-48-35(59)20-28-72(64,69-45(7,8)9)70-46(10,11)12)57(31-51-38)29-36(60)56(30-37(61)62)26-25-52-74(65,66)42-53-32-17-13-14-18-33(32)73-42/h13-14,17-18,31,52H,15-16,19-30H2,1-12H3,(H,47,58)(H,48,59)(H,61,62)(H2,49,50,54,55). The highest BCUT2D eigenvalue weighted by atomic mass is 32.2. The Morgan fingerprint density at radius 1 is 0.716 bits per heavy atom. The Kier molecular flexibility index (Phi) is 21.7. The molecule has 0 aliphatic heterocycles. The van der Waals surface area contributed by atoms with Gasteiger partial charge in [-0.15, -0.1) is 11.3 Å². The number of nitrogens with one attached hydrogen (secondary N) is 5. The van der Waals surface area contributed by atoms with Crippen LogP contribution in [-0.4, -0.2) is 147 Å². The molecule has 0 radical (unpaired) electrons. The number of rotatable bonds is 29. The summed E-state index contributed by atoms with van der Waals surface area (Å²) in [6, 6.07) is 6.93. The molecule has 0 aliphatic carbocycles. The first kappa shape index (κ1) is 61.9. The van der Waals surface area contributed by atoms with Crippen molar-refractivity contribution < 1.29 is 59.9 Å². The highest BCUT2D eigenvalue weighted by molar-refractivity contribution is 7.91. The van der Waals surface area contributed by atoms with E-state index in [1.54, 1.807) is 107 Å². The zero-order valence-corrected chi connectivity index (χ0v) is 47.9. The van der Waals surface area contributed by atoms with Gasteiger partial charge >= 0.3 is 21.2 Å². The van der Waals surface area contributed by atoms with Crippen LogP contribution in [0, 0.1) is 0 Å². The van der Waals surface area contributed by atoms with E-state index in [-0.39, 0.29) is 104 Å². The van der Waals surface area contributed by atoms with E-state index in [0.717, 1.165) is 16.2 Å². The molecule has 6 N–H and O–H groups in total. The lowest BCUT2D eigenvalue weighted by Gasteiger charge is -2.32. The molecule has 4 rings (SSSR count). The van der Waals surface area contributed by atoms with Crippen molar-refractivity contribution in [3.05, 3.63) is 30.6 Å². The van der Waals surface area contributed by atoms with Gasteiger partial charge in [0.05, 0.1) is 51.3 Å². The third kappa shape index (κ3) is 21.9. The second-order valence-corrected chi connectivity index (χ2v) is 28.3. The molecule has 24 nitrogen and oxygen atoms in total. The fourth-order valence-electron chi connectivity index (χ4n) is 6.89. The Hall–Kier alpha value is -4.65. The van der Waals surface area contributed by atoms with Crippen LogP contribution in [0.3, 0.4) is 0 Å². The number of carbonyl (C=O) groups is 4. The van der Waals surface area contributed by atoms with E-state index < -0.39 is 72.6 Å². The Balaban J connectivity index is 1.44. The summed E-state index contributed by atoms with van der Waals surface area (Å²) in [5.74, 6) is -2.28. The monoisotopic (exact) mass is 1120 g/mol. The van der Waals surface area contributed by atoms with Crippen molar-refractivity contribution in [1.29, 1.82) is 0 Å². The third-order valence-electron chi connectivity index (χ3n) is 9.43. The van der Waals surface area contributed by atoms with E-state index in [4.69, 9.17) is 18.1 Å². The van der Waals surface area contributed by atoms with Crippen LogP contribution in [0.25, 0.3) is 21.4 Å². The maximum absolute atomic E-state index is 13.8. The molecule has 3 aromatic heterocycles. The lowest BCUT2D eigenvalue weighted by molar-refractivity contribution is -0.144. The predicted octanol–water partition coefficient (Wildman–Crippen LogP) is 6.59. The van der Waals surface area contributed by atoms with Gasteiger partial charge in [0.2, 0.25) is 28.0 Å². The van der Waals surface area contributed by atoms with Gasteiger partial charge in [0.1, 0.15) is 13.1 Å². The maximum Gasteiger partial charge on any atom is 0.332 e. The molecule has 3 heterocycles. The molecule has 74 heavy (non-hydrogen) atoms. The van der Waals surface area contributed by atoms with Crippen molar-refractivity contribution in [3.63, 3.8) is 0 Å². The van der Waals surface area contributed by atoms with Crippen LogP contribution in [0.4, 0.5) is 11.8 Å².